The van der Waals surface area contributed by atoms with Crippen molar-refractivity contribution in [3.8, 4) is 0 Å². The zero-order chi connectivity index (χ0) is 54.0. The highest BCUT2D eigenvalue weighted by molar-refractivity contribution is 6.99. The van der Waals surface area contributed by atoms with Gasteiger partial charge >= 0.3 is 0 Å². The van der Waals surface area contributed by atoms with Crippen LogP contribution in [0.25, 0.3) is 0 Å². The van der Waals surface area contributed by atoms with E-state index >= 15 is 0 Å². The Kier molecular flexibility index (Phi) is 18.3. The van der Waals surface area contributed by atoms with Gasteiger partial charge in [-0.2, -0.15) is 0 Å². The molecular formula is C67H76O10Si. The van der Waals surface area contributed by atoms with Gasteiger partial charge in [0.25, 0.3) is 8.32 Å². The molecule has 3 fully saturated rings. The molecule has 0 amide bonds. The third-order valence-electron chi connectivity index (χ3n) is 15.5. The molecule has 408 valence electrons. The Morgan fingerprint density at radius 2 is 0.731 bits per heavy atom. The van der Waals surface area contributed by atoms with Crippen LogP contribution in [0.1, 0.15) is 68.9 Å². The molecule has 1 saturated carbocycles. The monoisotopic (exact) mass is 1070 g/mol. The number of aliphatic hydroxyl groups is 1. The number of hydrogen-bond donors (Lipinski definition) is 1. The lowest BCUT2D eigenvalue weighted by Gasteiger charge is -2.52. The maximum absolute atomic E-state index is 12.9. The minimum absolute atomic E-state index is 0.185. The zero-order valence-corrected chi connectivity index (χ0v) is 46.6. The van der Waals surface area contributed by atoms with E-state index in [1.807, 2.05) is 117 Å². The predicted octanol–water partition coefficient (Wildman–Crippen LogP) is 11.2. The van der Waals surface area contributed by atoms with Crippen molar-refractivity contribution in [2.24, 2.45) is 5.92 Å². The first kappa shape index (κ1) is 55.7. The van der Waals surface area contributed by atoms with E-state index in [0.717, 1.165) is 38.2 Å². The van der Waals surface area contributed by atoms with Crippen LogP contribution in [0.4, 0.5) is 0 Å². The van der Waals surface area contributed by atoms with Gasteiger partial charge in [0, 0.05) is 5.92 Å². The molecule has 0 spiro atoms. The summed E-state index contributed by atoms with van der Waals surface area (Å²) in [4.78, 5) is 0. The molecule has 2 heterocycles. The summed E-state index contributed by atoms with van der Waals surface area (Å²) in [6.07, 6.45) is -7.11. The molecule has 10 nitrogen and oxygen atoms in total. The van der Waals surface area contributed by atoms with Crippen molar-refractivity contribution in [1.29, 1.82) is 0 Å². The smallest absolute Gasteiger partial charge is 0.261 e. The summed E-state index contributed by atoms with van der Waals surface area (Å²) in [6, 6.07) is 72.2. The van der Waals surface area contributed by atoms with Crippen LogP contribution in [-0.4, -0.2) is 86.9 Å². The number of ether oxygens (including phenoxy) is 8. The molecule has 1 N–H and O–H groups in total. The molecule has 2 unspecified atom stereocenters. The Labute approximate surface area is 462 Å². The lowest BCUT2D eigenvalue weighted by Crippen LogP contribution is -2.68. The number of rotatable bonds is 22. The first-order valence-corrected chi connectivity index (χ1v) is 29.6. The Bertz CT molecular complexity index is 2720. The Morgan fingerprint density at radius 3 is 1.08 bits per heavy atom. The molecule has 0 radical (unpaired) electrons. The van der Waals surface area contributed by atoms with E-state index in [2.05, 4.69) is 130 Å². The van der Waals surface area contributed by atoms with Crippen molar-refractivity contribution < 1.29 is 47.4 Å². The molecule has 0 bridgehead atoms. The topological polar surface area (TPSA) is 103 Å². The maximum atomic E-state index is 12.9. The fourth-order valence-corrected chi connectivity index (χ4v) is 16.4. The molecule has 2 aliphatic heterocycles. The summed E-state index contributed by atoms with van der Waals surface area (Å²) in [7, 11) is -3.06. The van der Waals surface area contributed by atoms with Crippen molar-refractivity contribution >= 4 is 18.7 Å². The largest absolute Gasteiger partial charge is 0.405 e. The average molecular weight is 1070 g/mol. The Balaban J connectivity index is 1.08. The van der Waals surface area contributed by atoms with Crippen molar-refractivity contribution in [3.63, 3.8) is 0 Å². The van der Waals surface area contributed by atoms with Gasteiger partial charge in [0.15, 0.2) is 5.79 Å². The highest BCUT2D eigenvalue weighted by Crippen LogP contribution is 2.45. The van der Waals surface area contributed by atoms with Gasteiger partial charge in [-0.1, -0.05) is 233 Å². The normalized spacial score (nSPS) is 26.1. The highest BCUT2D eigenvalue weighted by Gasteiger charge is 2.60. The Hall–Kier alpha value is -5.64. The second-order valence-corrected chi connectivity index (χ2v) is 26.8. The first-order valence-electron chi connectivity index (χ1n) is 27.7. The molecule has 7 aromatic rings. The van der Waals surface area contributed by atoms with Gasteiger partial charge in [-0.3, -0.25) is 0 Å². The standard InChI is InChI=1S/C67H76O10Si/c1-66(2,3)78(53-37-23-11-24-38-53,54-39-25-12-26-40-54)74-47-57-61-62(77-67(4,5)76-61)58(68)56(75-57)41-55-59(69-42-48-27-13-6-14-28-48)63(71-44-50-31-17-8-18-32-50)65(73-46-52-35-21-10-22-36-52)64(72-45-51-33-19-9-20-34-51)60(55)70-43-49-29-15-7-16-30-49/h6-40,55-65,68H,41-47H2,1-5H3/t55?,56-,57-,58-,59-,60+,61-,62+,63+,64+,65?/m1/s1. The van der Waals surface area contributed by atoms with Crippen LogP contribution in [-0.2, 0) is 75.4 Å². The molecule has 1 aliphatic carbocycles. The van der Waals surface area contributed by atoms with E-state index in [1.54, 1.807) is 0 Å². The van der Waals surface area contributed by atoms with Crippen molar-refractivity contribution in [2.45, 2.75) is 146 Å². The lowest BCUT2D eigenvalue weighted by atomic mass is 9.73. The average Bonchev–Trinajstić information content (AvgIpc) is 3.89. The van der Waals surface area contributed by atoms with Crippen LogP contribution in [0.15, 0.2) is 212 Å². The number of aliphatic hydroxyl groups excluding tert-OH is 1. The summed E-state index contributed by atoms with van der Waals surface area (Å²) < 4.78 is 64.9. The van der Waals surface area contributed by atoms with E-state index in [0.29, 0.717) is 0 Å². The van der Waals surface area contributed by atoms with Crippen LogP contribution in [0.3, 0.4) is 0 Å². The van der Waals surface area contributed by atoms with Gasteiger partial charge < -0.3 is 47.4 Å². The second-order valence-electron chi connectivity index (χ2n) is 22.4. The lowest BCUT2D eigenvalue weighted by molar-refractivity contribution is -0.279. The van der Waals surface area contributed by atoms with Crippen LogP contribution >= 0.6 is 0 Å². The minimum atomic E-state index is -3.06. The van der Waals surface area contributed by atoms with E-state index < -0.39 is 81.1 Å². The van der Waals surface area contributed by atoms with Gasteiger partial charge in [-0.05, 0) is 63.5 Å². The molecule has 0 aromatic heterocycles. The molecule has 11 atom stereocenters. The van der Waals surface area contributed by atoms with Gasteiger partial charge in [0.05, 0.1) is 58.0 Å². The van der Waals surface area contributed by atoms with Crippen LogP contribution in [0, 0.1) is 5.92 Å². The van der Waals surface area contributed by atoms with E-state index in [-0.39, 0.29) is 51.1 Å². The fraction of sp³-hybridized carbons (Fsp3) is 0.373. The summed E-state index contributed by atoms with van der Waals surface area (Å²) in [5.74, 6) is -1.52. The first-order chi connectivity index (χ1) is 38.0. The van der Waals surface area contributed by atoms with E-state index in [4.69, 9.17) is 42.3 Å². The molecule has 11 heteroatoms. The predicted molar refractivity (Wildman–Crippen MR) is 305 cm³/mol. The molecular weight excluding hydrogens is 993 g/mol. The van der Waals surface area contributed by atoms with Gasteiger partial charge in [-0.25, -0.2) is 0 Å². The third-order valence-corrected chi connectivity index (χ3v) is 20.6. The van der Waals surface area contributed by atoms with Crippen molar-refractivity contribution in [1.82, 2.24) is 0 Å². The third kappa shape index (κ3) is 13.2. The van der Waals surface area contributed by atoms with Gasteiger partial charge in [0.1, 0.15) is 42.7 Å². The fourth-order valence-electron chi connectivity index (χ4n) is 11.9. The quantitative estimate of drug-likeness (QED) is 0.0660. The van der Waals surface area contributed by atoms with Crippen molar-refractivity contribution in [2.75, 3.05) is 6.61 Å². The number of benzene rings is 7. The summed E-state index contributed by atoms with van der Waals surface area (Å²) >= 11 is 0. The summed E-state index contributed by atoms with van der Waals surface area (Å²) in [5.41, 5.74) is 5.01. The van der Waals surface area contributed by atoms with Crippen LogP contribution in [0.5, 0.6) is 0 Å². The number of hydrogen-bond acceptors (Lipinski definition) is 10. The second kappa shape index (κ2) is 25.6. The van der Waals surface area contributed by atoms with Crippen LogP contribution in [0.2, 0.25) is 5.04 Å². The number of fused-ring (bicyclic) bond motifs is 1. The van der Waals surface area contributed by atoms with E-state index in [9.17, 15) is 5.11 Å². The molecule has 7 aromatic carbocycles. The molecule has 2 saturated heterocycles. The van der Waals surface area contributed by atoms with E-state index in [1.165, 1.54) is 0 Å². The SMILES string of the molecule is CC1(C)O[C@H]2[C@H](O)[C@@H](CC3[C@@H](OCc4ccccc4)[C@H](OCc4ccccc4)C(OCc4ccccc4)[C@@H](OCc4ccccc4)[C@H]3OCc3ccccc3)O[C@H](CO[Si](c3ccccc3)(c3ccccc3)C(C)(C)C)[C@H]2O1. The minimum Gasteiger partial charge on any atom is -0.405 e. The van der Waals surface area contributed by atoms with Crippen molar-refractivity contribution in [3.05, 3.63) is 240 Å². The highest BCUT2D eigenvalue weighted by atomic mass is 28.4. The molecule has 3 aliphatic rings. The molecule has 78 heavy (non-hydrogen) atoms. The van der Waals surface area contributed by atoms with Gasteiger partial charge in [0.2, 0.25) is 0 Å². The van der Waals surface area contributed by atoms with Gasteiger partial charge in [-0.15, -0.1) is 0 Å². The molecule has 10 rings (SSSR count). The summed E-state index contributed by atoms with van der Waals surface area (Å²) in [6.45, 7) is 12.2. The summed E-state index contributed by atoms with van der Waals surface area (Å²) in [5, 5.41) is 14.9. The zero-order valence-electron chi connectivity index (χ0n) is 45.6. The maximum Gasteiger partial charge on any atom is 0.261 e. The Morgan fingerprint density at radius 1 is 0.423 bits per heavy atom. The van der Waals surface area contributed by atoms with Crippen LogP contribution < -0.4 is 10.4 Å².